The van der Waals surface area contributed by atoms with Crippen molar-refractivity contribution in [1.82, 2.24) is 10.1 Å². The van der Waals surface area contributed by atoms with E-state index in [1.807, 2.05) is 37.3 Å². The van der Waals surface area contributed by atoms with Gasteiger partial charge in [-0.3, -0.25) is 9.69 Å². The molecule has 2 aromatic rings. The topological polar surface area (TPSA) is 79.0 Å². The Hall–Kier alpha value is -2.38. The van der Waals surface area contributed by atoms with Gasteiger partial charge in [-0.15, -0.1) is 0 Å². The summed E-state index contributed by atoms with van der Waals surface area (Å²) in [5.74, 6) is 1.04. The van der Waals surface area contributed by atoms with Crippen LogP contribution in [0.1, 0.15) is 59.4 Å². The summed E-state index contributed by atoms with van der Waals surface area (Å²) >= 11 is 0. The summed E-state index contributed by atoms with van der Waals surface area (Å²) < 4.78 is 11.1. The van der Waals surface area contributed by atoms with Gasteiger partial charge in [0.1, 0.15) is 18.4 Å². The number of hydrogen-bond donors (Lipinski definition) is 1. The first-order chi connectivity index (χ1) is 15.9. The van der Waals surface area contributed by atoms with Gasteiger partial charge in [0.25, 0.3) is 0 Å². The summed E-state index contributed by atoms with van der Waals surface area (Å²) in [5, 5.41) is 15.1. The normalized spacial score (nSPS) is 12.4. The third-order valence-electron chi connectivity index (χ3n) is 5.63. The maximum atomic E-state index is 11.7. The minimum absolute atomic E-state index is 0.00902. The zero-order valence-corrected chi connectivity index (χ0v) is 20.9. The van der Waals surface area contributed by atoms with E-state index in [2.05, 4.69) is 42.7 Å². The monoisotopic (exact) mass is 459 g/mol. The molecule has 0 aliphatic heterocycles. The smallest absolute Gasteiger partial charge is 0.305 e. The maximum absolute atomic E-state index is 11.7. The van der Waals surface area contributed by atoms with Crippen molar-refractivity contribution < 1.29 is 19.2 Å². The summed E-state index contributed by atoms with van der Waals surface area (Å²) in [6.45, 7) is 14.0. The summed E-state index contributed by atoms with van der Waals surface area (Å²) in [5.41, 5.74) is 2.85. The fourth-order valence-corrected chi connectivity index (χ4v) is 3.74. The number of hydrogen-bond acceptors (Lipinski definition) is 7. The maximum Gasteiger partial charge on any atom is 0.305 e. The van der Waals surface area contributed by atoms with Crippen LogP contribution in [0.2, 0.25) is 0 Å². The van der Waals surface area contributed by atoms with Gasteiger partial charge in [-0.25, -0.2) is 0 Å². The molecule has 0 aliphatic rings. The molecular formula is C26H41N3O4. The molecule has 0 unspecified atom stereocenters. The van der Waals surface area contributed by atoms with E-state index < -0.39 is 6.10 Å². The molecule has 0 saturated carbocycles. The van der Waals surface area contributed by atoms with E-state index >= 15 is 0 Å². The Labute approximate surface area is 198 Å². The predicted octanol–water partition coefficient (Wildman–Crippen LogP) is 4.74. The number of carbonyl (C=O) groups excluding carboxylic acids is 1. The summed E-state index contributed by atoms with van der Waals surface area (Å²) in [4.78, 5) is 16.1. The number of nitrogens with zero attached hydrogens (tertiary/aromatic N) is 3. The number of anilines is 1. The van der Waals surface area contributed by atoms with E-state index in [4.69, 9.17) is 9.26 Å². The highest BCUT2D eigenvalue weighted by atomic mass is 16.5. The minimum Gasteiger partial charge on any atom is -0.463 e. The Bertz CT molecular complexity index is 818. The number of aromatic nitrogens is 1. The first-order valence-electron chi connectivity index (χ1n) is 12.2. The molecule has 0 aliphatic carbocycles. The molecule has 0 radical (unpaired) electrons. The lowest BCUT2D eigenvalue weighted by Gasteiger charge is -2.27. The van der Waals surface area contributed by atoms with Crippen LogP contribution in [0.25, 0.3) is 11.3 Å². The van der Waals surface area contributed by atoms with Crippen LogP contribution in [0.4, 0.5) is 5.88 Å². The number of aliphatic hydroxyl groups is 1. The molecule has 1 heterocycles. The molecule has 184 valence electrons. The van der Waals surface area contributed by atoms with Crippen LogP contribution >= 0.6 is 0 Å². The summed E-state index contributed by atoms with van der Waals surface area (Å²) in [6.07, 6.45) is 1.35. The van der Waals surface area contributed by atoms with Crippen molar-refractivity contribution >= 4 is 11.9 Å². The zero-order valence-electron chi connectivity index (χ0n) is 20.9. The Morgan fingerprint density at radius 3 is 2.45 bits per heavy atom. The number of carbonyl (C=O) groups is 1. The van der Waals surface area contributed by atoms with Crippen LogP contribution in [-0.2, 0) is 16.1 Å². The molecular weight excluding hydrogens is 418 g/mol. The fraction of sp³-hybridized carbons (Fsp3) is 0.615. The minimum atomic E-state index is -0.755. The standard InChI is InChI=1S/C26H41N3O4/c1-6-12-24(31)32-19-22(30)17-28(16-15-20(4)5)18-23-25(21-13-10-9-11-14-21)27-33-26(23)29(7-2)8-3/h9-11,13-14,20,22,30H,6-8,12,15-19H2,1-5H3/t22-/m0/s1. The summed E-state index contributed by atoms with van der Waals surface area (Å²) in [6, 6.07) is 10.0. The van der Waals surface area contributed by atoms with Crippen LogP contribution in [0, 0.1) is 5.92 Å². The lowest BCUT2D eigenvalue weighted by atomic mass is 10.1. The molecule has 0 bridgehead atoms. The molecule has 2 rings (SSSR count). The second kappa shape index (κ2) is 14.0. The Balaban J connectivity index is 2.27. The van der Waals surface area contributed by atoms with Gasteiger partial charge in [0.05, 0.1) is 5.56 Å². The van der Waals surface area contributed by atoms with Gasteiger partial charge in [0.2, 0.25) is 5.88 Å². The highest BCUT2D eigenvalue weighted by Crippen LogP contribution is 2.32. The zero-order chi connectivity index (χ0) is 24.2. The van der Waals surface area contributed by atoms with Crippen LogP contribution < -0.4 is 4.90 Å². The average molecular weight is 460 g/mol. The third-order valence-corrected chi connectivity index (χ3v) is 5.63. The Morgan fingerprint density at radius 1 is 1.15 bits per heavy atom. The molecule has 0 fully saturated rings. The van der Waals surface area contributed by atoms with Crippen molar-refractivity contribution in [3.8, 4) is 11.3 Å². The second-order valence-electron chi connectivity index (χ2n) is 8.86. The van der Waals surface area contributed by atoms with Crippen molar-refractivity contribution in [1.29, 1.82) is 0 Å². The van der Waals surface area contributed by atoms with Gasteiger partial charge >= 0.3 is 5.97 Å². The van der Waals surface area contributed by atoms with Gasteiger partial charge in [-0.1, -0.05) is 56.3 Å². The van der Waals surface area contributed by atoms with E-state index in [1.165, 1.54) is 0 Å². The molecule has 0 saturated heterocycles. The highest BCUT2D eigenvalue weighted by Gasteiger charge is 2.24. The number of benzene rings is 1. The second-order valence-corrected chi connectivity index (χ2v) is 8.86. The van der Waals surface area contributed by atoms with E-state index in [9.17, 15) is 9.90 Å². The summed E-state index contributed by atoms with van der Waals surface area (Å²) in [7, 11) is 0. The SMILES string of the molecule is CCCC(=O)OC[C@@H](O)CN(CCC(C)C)Cc1c(-c2ccccc2)noc1N(CC)CC. The van der Waals surface area contributed by atoms with Gasteiger partial charge in [-0.2, -0.15) is 0 Å². The van der Waals surface area contributed by atoms with E-state index in [0.29, 0.717) is 25.4 Å². The predicted molar refractivity (Wildman–Crippen MR) is 132 cm³/mol. The van der Waals surface area contributed by atoms with E-state index in [1.54, 1.807) is 0 Å². The van der Waals surface area contributed by atoms with Crippen LogP contribution in [0.3, 0.4) is 0 Å². The van der Waals surface area contributed by atoms with E-state index in [-0.39, 0.29) is 12.6 Å². The van der Waals surface area contributed by atoms with Gasteiger partial charge in [0, 0.05) is 38.2 Å². The van der Waals surface area contributed by atoms with Gasteiger partial charge < -0.3 is 19.3 Å². The van der Waals surface area contributed by atoms with Crippen LogP contribution in [0.5, 0.6) is 0 Å². The quantitative estimate of drug-likeness (QED) is 0.385. The number of ether oxygens (including phenoxy) is 1. The highest BCUT2D eigenvalue weighted by molar-refractivity contribution is 5.69. The van der Waals surface area contributed by atoms with Gasteiger partial charge in [0.15, 0.2) is 0 Å². The first kappa shape index (κ1) is 26.9. The molecule has 7 nitrogen and oxygen atoms in total. The Morgan fingerprint density at radius 2 is 1.85 bits per heavy atom. The van der Waals surface area contributed by atoms with Crippen LogP contribution in [0.15, 0.2) is 34.9 Å². The third kappa shape index (κ3) is 8.48. The number of esters is 1. The molecule has 1 aromatic carbocycles. The fourth-order valence-electron chi connectivity index (χ4n) is 3.74. The van der Waals surface area contributed by atoms with Crippen molar-refractivity contribution in [2.75, 3.05) is 37.7 Å². The molecule has 33 heavy (non-hydrogen) atoms. The Kier molecular flexibility index (Phi) is 11.4. The molecule has 7 heteroatoms. The van der Waals surface area contributed by atoms with Crippen LogP contribution in [-0.4, -0.2) is 60.0 Å². The lowest BCUT2D eigenvalue weighted by molar-refractivity contribution is -0.147. The number of aliphatic hydroxyl groups excluding tert-OH is 1. The van der Waals surface area contributed by atoms with Crippen molar-refractivity contribution in [2.24, 2.45) is 5.92 Å². The van der Waals surface area contributed by atoms with Crippen molar-refractivity contribution in [3.05, 3.63) is 35.9 Å². The molecule has 0 spiro atoms. The molecule has 0 amide bonds. The average Bonchev–Trinajstić information content (AvgIpc) is 3.21. The lowest BCUT2D eigenvalue weighted by Crippen LogP contribution is -2.36. The van der Waals surface area contributed by atoms with E-state index in [0.717, 1.165) is 55.2 Å². The molecule has 1 aromatic heterocycles. The first-order valence-corrected chi connectivity index (χ1v) is 12.2. The van der Waals surface area contributed by atoms with Crippen molar-refractivity contribution in [3.63, 3.8) is 0 Å². The largest absolute Gasteiger partial charge is 0.463 e. The molecule has 1 N–H and O–H groups in total. The number of rotatable bonds is 15. The van der Waals surface area contributed by atoms with Crippen molar-refractivity contribution in [2.45, 2.75) is 66.5 Å². The van der Waals surface area contributed by atoms with Gasteiger partial charge in [-0.05, 0) is 39.2 Å². The molecule has 1 atom stereocenters.